The Kier molecular flexibility index (Phi) is 4.32. The summed E-state index contributed by atoms with van der Waals surface area (Å²) in [5.74, 6) is 0.00586. The highest BCUT2D eigenvalue weighted by Gasteiger charge is 2.48. The highest BCUT2D eigenvalue weighted by molar-refractivity contribution is 5.92. The predicted molar refractivity (Wildman–Crippen MR) is 106 cm³/mol. The average molecular weight is 360 g/mol. The van der Waals surface area contributed by atoms with E-state index in [0.29, 0.717) is 11.6 Å². The van der Waals surface area contributed by atoms with Gasteiger partial charge in [0.05, 0.1) is 16.9 Å². The SMILES string of the molecule is CNC(c1ccccc1)(c1ccccc1-n1nc(C)cc1C(N)=O)C1CC1. The fourth-order valence-corrected chi connectivity index (χ4v) is 4.16. The maximum atomic E-state index is 12.0. The Labute approximate surface area is 159 Å². The van der Waals surface area contributed by atoms with Gasteiger partial charge < -0.3 is 11.1 Å². The fraction of sp³-hybridized carbons (Fsp3) is 0.273. The first-order valence-electron chi connectivity index (χ1n) is 9.28. The van der Waals surface area contributed by atoms with Gasteiger partial charge in [0.1, 0.15) is 5.69 Å². The van der Waals surface area contributed by atoms with Gasteiger partial charge in [0.15, 0.2) is 0 Å². The highest BCUT2D eigenvalue weighted by atomic mass is 16.1. The maximum absolute atomic E-state index is 12.0. The van der Waals surface area contributed by atoms with Crippen LogP contribution in [0.1, 0.15) is 40.2 Å². The van der Waals surface area contributed by atoms with Gasteiger partial charge in [-0.1, -0.05) is 48.5 Å². The molecule has 0 aliphatic heterocycles. The first-order valence-corrected chi connectivity index (χ1v) is 9.28. The van der Waals surface area contributed by atoms with E-state index in [2.05, 4.69) is 40.7 Å². The molecule has 1 atom stereocenters. The van der Waals surface area contributed by atoms with Crippen molar-refractivity contribution in [3.05, 3.63) is 83.2 Å². The second kappa shape index (κ2) is 6.67. The zero-order chi connectivity index (χ0) is 19.0. The standard InChI is InChI=1S/C22H24N4O/c1-15-14-20(21(23)27)26(25-15)19-11-7-6-10-18(19)22(24-2,17-12-13-17)16-8-4-3-5-9-16/h3-11,14,17,24H,12-13H2,1-2H3,(H2,23,27). The van der Waals surface area contributed by atoms with Crippen molar-refractivity contribution in [3.63, 3.8) is 0 Å². The Bertz CT molecular complexity index is 975. The molecule has 0 spiro atoms. The number of amides is 1. The topological polar surface area (TPSA) is 72.9 Å². The van der Waals surface area contributed by atoms with Gasteiger partial charge in [-0.25, -0.2) is 4.68 Å². The van der Waals surface area contributed by atoms with Gasteiger partial charge in [0.2, 0.25) is 0 Å². The molecule has 3 aromatic rings. The number of nitrogens with zero attached hydrogens (tertiary/aromatic N) is 2. The fourth-order valence-electron chi connectivity index (χ4n) is 4.16. The summed E-state index contributed by atoms with van der Waals surface area (Å²) in [5, 5.41) is 8.19. The Hall–Kier alpha value is -2.92. The molecule has 1 unspecified atom stereocenters. The molecule has 1 saturated carbocycles. The number of aromatic nitrogens is 2. The molecule has 0 bridgehead atoms. The van der Waals surface area contributed by atoms with Crippen molar-refractivity contribution in [3.8, 4) is 5.69 Å². The minimum absolute atomic E-state index is 0.341. The lowest BCUT2D eigenvalue weighted by atomic mass is 9.78. The van der Waals surface area contributed by atoms with Crippen LogP contribution >= 0.6 is 0 Å². The summed E-state index contributed by atoms with van der Waals surface area (Å²) in [4.78, 5) is 12.0. The normalized spacial score (nSPS) is 16.1. The molecule has 1 aromatic heterocycles. The number of primary amides is 1. The van der Waals surface area contributed by atoms with Crippen molar-refractivity contribution in [2.24, 2.45) is 11.7 Å². The van der Waals surface area contributed by atoms with Crippen LogP contribution in [0.5, 0.6) is 0 Å². The number of para-hydroxylation sites is 1. The second-order valence-electron chi connectivity index (χ2n) is 7.16. The molecular formula is C22H24N4O. The third kappa shape index (κ3) is 2.84. The van der Waals surface area contributed by atoms with Crippen molar-refractivity contribution in [1.82, 2.24) is 15.1 Å². The number of benzene rings is 2. The number of aryl methyl sites for hydroxylation is 1. The van der Waals surface area contributed by atoms with E-state index < -0.39 is 5.91 Å². The van der Waals surface area contributed by atoms with E-state index in [1.165, 1.54) is 5.56 Å². The third-order valence-corrected chi connectivity index (χ3v) is 5.45. The van der Waals surface area contributed by atoms with Crippen molar-refractivity contribution < 1.29 is 4.79 Å². The van der Waals surface area contributed by atoms with Crippen molar-refractivity contribution in [2.45, 2.75) is 25.3 Å². The molecule has 3 N–H and O–H groups in total. The number of nitrogens with two attached hydrogens (primary N) is 1. The zero-order valence-electron chi connectivity index (χ0n) is 15.6. The monoisotopic (exact) mass is 360 g/mol. The molecule has 5 nitrogen and oxygen atoms in total. The molecule has 0 radical (unpaired) electrons. The van der Waals surface area contributed by atoms with Crippen LogP contribution in [0.2, 0.25) is 0 Å². The summed E-state index contributed by atoms with van der Waals surface area (Å²) in [6.07, 6.45) is 2.32. The number of hydrogen-bond acceptors (Lipinski definition) is 3. The minimum atomic E-state index is -0.480. The van der Waals surface area contributed by atoms with Crippen LogP contribution in [-0.4, -0.2) is 22.7 Å². The molecule has 27 heavy (non-hydrogen) atoms. The van der Waals surface area contributed by atoms with Crippen LogP contribution in [0.25, 0.3) is 5.69 Å². The molecule has 5 heteroatoms. The van der Waals surface area contributed by atoms with Crippen LogP contribution in [0, 0.1) is 12.8 Å². The second-order valence-corrected chi connectivity index (χ2v) is 7.16. The molecule has 2 aromatic carbocycles. The summed E-state index contributed by atoms with van der Waals surface area (Å²) in [6.45, 7) is 1.87. The van der Waals surface area contributed by atoms with Gasteiger partial charge in [-0.2, -0.15) is 5.10 Å². The Morgan fingerprint density at radius 2 is 1.81 bits per heavy atom. The van der Waals surface area contributed by atoms with E-state index in [1.807, 2.05) is 38.2 Å². The van der Waals surface area contributed by atoms with Gasteiger partial charge in [0.25, 0.3) is 5.91 Å². The van der Waals surface area contributed by atoms with E-state index >= 15 is 0 Å². The predicted octanol–water partition coefficient (Wildman–Crippen LogP) is 3.15. The Morgan fingerprint density at radius 3 is 2.44 bits per heavy atom. The summed E-state index contributed by atoms with van der Waals surface area (Å²) < 4.78 is 1.68. The van der Waals surface area contributed by atoms with Crippen LogP contribution in [-0.2, 0) is 5.54 Å². The van der Waals surface area contributed by atoms with Gasteiger partial charge in [-0.15, -0.1) is 0 Å². The van der Waals surface area contributed by atoms with Crippen molar-refractivity contribution in [2.75, 3.05) is 7.05 Å². The molecule has 4 rings (SSSR count). The number of carbonyl (C=O) groups excluding carboxylic acids is 1. The summed E-state index contributed by atoms with van der Waals surface area (Å²) in [7, 11) is 2.01. The lowest BCUT2D eigenvalue weighted by molar-refractivity contribution is 0.0993. The summed E-state index contributed by atoms with van der Waals surface area (Å²) >= 11 is 0. The van der Waals surface area contributed by atoms with Crippen molar-refractivity contribution >= 4 is 5.91 Å². The van der Waals surface area contributed by atoms with Gasteiger partial charge >= 0.3 is 0 Å². The van der Waals surface area contributed by atoms with Crippen LogP contribution < -0.4 is 11.1 Å². The van der Waals surface area contributed by atoms with Crippen LogP contribution in [0.15, 0.2) is 60.7 Å². The number of hydrogen-bond donors (Lipinski definition) is 2. The molecule has 1 fully saturated rings. The van der Waals surface area contributed by atoms with Gasteiger partial charge in [-0.3, -0.25) is 4.79 Å². The van der Waals surface area contributed by atoms with Gasteiger partial charge in [-0.05, 0) is 50.4 Å². The van der Waals surface area contributed by atoms with E-state index in [-0.39, 0.29) is 5.54 Å². The molecule has 0 saturated heterocycles. The molecule has 138 valence electrons. The smallest absolute Gasteiger partial charge is 0.267 e. The number of rotatable bonds is 6. The minimum Gasteiger partial charge on any atom is -0.364 e. The molecule has 1 amide bonds. The largest absolute Gasteiger partial charge is 0.364 e. The van der Waals surface area contributed by atoms with Crippen LogP contribution in [0.4, 0.5) is 0 Å². The van der Waals surface area contributed by atoms with E-state index in [0.717, 1.165) is 29.8 Å². The molecular weight excluding hydrogens is 336 g/mol. The quantitative estimate of drug-likeness (QED) is 0.709. The lowest BCUT2D eigenvalue weighted by Gasteiger charge is -2.37. The maximum Gasteiger partial charge on any atom is 0.267 e. The van der Waals surface area contributed by atoms with E-state index in [1.54, 1.807) is 10.7 Å². The first kappa shape index (κ1) is 17.5. The Morgan fingerprint density at radius 1 is 1.15 bits per heavy atom. The highest BCUT2D eigenvalue weighted by Crippen LogP contribution is 2.50. The van der Waals surface area contributed by atoms with Crippen LogP contribution in [0.3, 0.4) is 0 Å². The zero-order valence-corrected chi connectivity index (χ0v) is 15.6. The Balaban J connectivity index is 1.98. The third-order valence-electron chi connectivity index (χ3n) is 5.45. The van der Waals surface area contributed by atoms with Crippen molar-refractivity contribution in [1.29, 1.82) is 0 Å². The van der Waals surface area contributed by atoms with E-state index in [4.69, 9.17) is 5.73 Å². The average Bonchev–Trinajstić information content (AvgIpc) is 3.45. The first-order chi connectivity index (χ1) is 13.1. The molecule has 1 aliphatic carbocycles. The van der Waals surface area contributed by atoms with Gasteiger partial charge in [0, 0.05) is 5.56 Å². The van der Waals surface area contributed by atoms with E-state index in [9.17, 15) is 4.79 Å². The number of nitrogens with one attached hydrogen (secondary N) is 1. The lowest BCUT2D eigenvalue weighted by Crippen LogP contribution is -2.44. The summed E-state index contributed by atoms with van der Waals surface area (Å²) in [5.41, 5.74) is 9.64. The molecule has 1 heterocycles. The number of carbonyl (C=O) groups is 1. The summed E-state index contributed by atoms with van der Waals surface area (Å²) in [6, 6.07) is 20.4. The molecule has 1 aliphatic rings.